The maximum Gasteiger partial charge on any atom is 0.171 e. The molecule has 0 aliphatic carbocycles. The van der Waals surface area contributed by atoms with Gasteiger partial charge in [-0.15, -0.1) is 0 Å². The lowest BCUT2D eigenvalue weighted by Crippen LogP contribution is -2.58. The summed E-state index contributed by atoms with van der Waals surface area (Å²) in [6.07, 6.45) is 2.36. The Hall–Kier alpha value is -1.33. The van der Waals surface area contributed by atoms with E-state index >= 15 is 0 Å². The molecule has 0 N–H and O–H groups in total. The van der Waals surface area contributed by atoms with Gasteiger partial charge in [0.2, 0.25) is 0 Å². The number of ether oxygens (including phenoxy) is 2. The van der Waals surface area contributed by atoms with Crippen molar-refractivity contribution in [2.75, 3.05) is 45.2 Å². The third-order valence-corrected chi connectivity index (χ3v) is 3.53. The molecule has 1 aromatic rings. The number of anilines is 1. The number of nitrogens with zero attached hydrogens (tertiary/aromatic N) is 3. The average molecular weight is 249 g/mol. The third kappa shape index (κ3) is 2.15. The van der Waals surface area contributed by atoms with Crippen molar-refractivity contribution in [2.24, 2.45) is 0 Å². The van der Waals surface area contributed by atoms with Crippen LogP contribution in [0.25, 0.3) is 0 Å². The van der Waals surface area contributed by atoms with E-state index < -0.39 is 0 Å². The minimum atomic E-state index is 0.272. The standard InChI is InChI=1S/C13H19N3O2/c1-15-6-10-8-16(9-11(7-15)18-10)13-12(17-2)4-3-5-14-13/h3-5,10-11H,6-9H2,1-2H3. The largest absolute Gasteiger partial charge is 0.493 e. The van der Waals surface area contributed by atoms with Gasteiger partial charge in [-0.1, -0.05) is 0 Å². The molecule has 2 fully saturated rings. The van der Waals surface area contributed by atoms with E-state index in [1.807, 2.05) is 18.3 Å². The maximum absolute atomic E-state index is 5.97. The first-order valence-electron chi connectivity index (χ1n) is 6.34. The molecule has 3 rings (SSSR count). The summed E-state index contributed by atoms with van der Waals surface area (Å²) in [6.45, 7) is 3.74. The van der Waals surface area contributed by atoms with E-state index in [9.17, 15) is 0 Å². The van der Waals surface area contributed by atoms with Crippen LogP contribution in [0, 0.1) is 0 Å². The molecule has 2 aliphatic rings. The van der Waals surface area contributed by atoms with E-state index in [1.165, 1.54) is 0 Å². The van der Waals surface area contributed by atoms with E-state index in [0.717, 1.165) is 37.7 Å². The lowest BCUT2D eigenvalue weighted by atomic mass is 10.1. The van der Waals surface area contributed by atoms with Crippen LogP contribution in [0.3, 0.4) is 0 Å². The molecule has 1 aromatic heterocycles. The van der Waals surface area contributed by atoms with Crippen molar-refractivity contribution in [3.05, 3.63) is 18.3 Å². The Balaban J connectivity index is 1.81. The van der Waals surface area contributed by atoms with Crippen LogP contribution >= 0.6 is 0 Å². The fraction of sp³-hybridized carbons (Fsp3) is 0.615. The quantitative estimate of drug-likeness (QED) is 0.768. The minimum Gasteiger partial charge on any atom is -0.493 e. The molecule has 3 heterocycles. The lowest BCUT2D eigenvalue weighted by Gasteiger charge is -2.45. The first-order chi connectivity index (χ1) is 8.76. The summed E-state index contributed by atoms with van der Waals surface area (Å²) < 4.78 is 11.4. The van der Waals surface area contributed by atoms with Crippen LogP contribution < -0.4 is 9.64 Å². The molecule has 0 spiro atoms. The molecule has 0 radical (unpaired) electrons. The number of hydrogen-bond donors (Lipinski definition) is 0. The highest BCUT2D eigenvalue weighted by Crippen LogP contribution is 2.29. The van der Waals surface area contributed by atoms with Gasteiger partial charge < -0.3 is 19.3 Å². The molecule has 2 unspecified atom stereocenters. The topological polar surface area (TPSA) is 37.8 Å². The van der Waals surface area contributed by atoms with E-state index in [-0.39, 0.29) is 12.2 Å². The van der Waals surface area contributed by atoms with Crippen molar-refractivity contribution in [1.82, 2.24) is 9.88 Å². The number of likely N-dealkylation sites (N-methyl/N-ethyl adjacent to an activating group) is 1. The molecule has 2 atom stereocenters. The van der Waals surface area contributed by atoms with Crippen LogP contribution in [0.1, 0.15) is 0 Å². The highest BCUT2D eigenvalue weighted by molar-refractivity contribution is 5.52. The van der Waals surface area contributed by atoms with E-state index in [4.69, 9.17) is 9.47 Å². The van der Waals surface area contributed by atoms with E-state index in [0.29, 0.717) is 0 Å². The fourth-order valence-corrected chi connectivity index (χ4v) is 2.85. The molecular weight excluding hydrogens is 230 g/mol. The monoisotopic (exact) mass is 249 g/mol. The van der Waals surface area contributed by atoms with E-state index in [1.54, 1.807) is 7.11 Å². The zero-order valence-corrected chi connectivity index (χ0v) is 10.9. The van der Waals surface area contributed by atoms with Crippen molar-refractivity contribution in [2.45, 2.75) is 12.2 Å². The lowest BCUT2D eigenvalue weighted by molar-refractivity contribution is -0.0877. The molecule has 0 aromatic carbocycles. The Morgan fingerprint density at radius 2 is 2.00 bits per heavy atom. The van der Waals surface area contributed by atoms with Crippen molar-refractivity contribution in [3.63, 3.8) is 0 Å². The van der Waals surface area contributed by atoms with Crippen LogP contribution in [0.5, 0.6) is 5.75 Å². The van der Waals surface area contributed by atoms with Gasteiger partial charge in [-0.25, -0.2) is 4.98 Å². The SMILES string of the molecule is COc1cccnc1N1CC2CN(C)CC(C1)O2. The summed E-state index contributed by atoms with van der Waals surface area (Å²) in [7, 11) is 3.84. The van der Waals surface area contributed by atoms with Gasteiger partial charge in [-0.05, 0) is 19.2 Å². The molecule has 18 heavy (non-hydrogen) atoms. The van der Waals surface area contributed by atoms with Gasteiger partial charge >= 0.3 is 0 Å². The molecule has 2 saturated heterocycles. The predicted octanol–water partition coefficient (Wildman–Crippen LogP) is 0.609. The second-order valence-corrected chi connectivity index (χ2v) is 5.04. The summed E-state index contributed by atoms with van der Waals surface area (Å²) in [6, 6.07) is 3.86. The van der Waals surface area contributed by atoms with Crippen molar-refractivity contribution < 1.29 is 9.47 Å². The summed E-state index contributed by atoms with van der Waals surface area (Å²) >= 11 is 0. The summed E-state index contributed by atoms with van der Waals surface area (Å²) in [5.74, 6) is 1.77. The van der Waals surface area contributed by atoms with Crippen LogP contribution in [-0.4, -0.2) is 62.4 Å². The number of morpholine rings is 2. The van der Waals surface area contributed by atoms with Crippen molar-refractivity contribution in [3.8, 4) is 5.75 Å². The van der Waals surface area contributed by atoms with Gasteiger partial charge in [0.1, 0.15) is 0 Å². The molecule has 5 heteroatoms. The zero-order chi connectivity index (χ0) is 12.5. The number of methoxy groups -OCH3 is 1. The number of aromatic nitrogens is 1. The maximum atomic E-state index is 5.97. The number of rotatable bonds is 2. The first kappa shape index (κ1) is 11.7. The molecule has 0 amide bonds. The first-order valence-corrected chi connectivity index (χ1v) is 6.34. The third-order valence-electron chi connectivity index (χ3n) is 3.53. The van der Waals surface area contributed by atoms with Gasteiger partial charge in [-0.2, -0.15) is 0 Å². The summed E-state index contributed by atoms with van der Waals surface area (Å²) in [5, 5.41) is 0. The normalized spacial score (nSPS) is 28.2. The second kappa shape index (κ2) is 4.74. The molecule has 5 nitrogen and oxygen atoms in total. The molecule has 2 aliphatic heterocycles. The summed E-state index contributed by atoms with van der Waals surface area (Å²) in [4.78, 5) is 9.07. The molecule has 2 bridgehead atoms. The fourth-order valence-electron chi connectivity index (χ4n) is 2.85. The van der Waals surface area contributed by atoms with Gasteiger partial charge in [0, 0.05) is 32.4 Å². The Labute approximate surface area is 107 Å². The second-order valence-electron chi connectivity index (χ2n) is 5.04. The smallest absolute Gasteiger partial charge is 0.171 e. The number of fused-ring (bicyclic) bond motifs is 2. The van der Waals surface area contributed by atoms with Gasteiger partial charge in [0.05, 0.1) is 19.3 Å². The van der Waals surface area contributed by atoms with Gasteiger partial charge in [0.25, 0.3) is 0 Å². The Kier molecular flexibility index (Phi) is 3.09. The molecule has 0 saturated carbocycles. The van der Waals surface area contributed by atoms with Gasteiger partial charge in [-0.3, -0.25) is 0 Å². The Bertz CT molecular complexity index is 408. The van der Waals surface area contributed by atoms with Crippen molar-refractivity contribution in [1.29, 1.82) is 0 Å². The van der Waals surface area contributed by atoms with Gasteiger partial charge in [0.15, 0.2) is 11.6 Å². The van der Waals surface area contributed by atoms with Crippen LogP contribution in [0.15, 0.2) is 18.3 Å². The highest BCUT2D eigenvalue weighted by Gasteiger charge is 2.34. The van der Waals surface area contributed by atoms with Crippen molar-refractivity contribution >= 4 is 5.82 Å². The van der Waals surface area contributed by atoms with Crippen LogP contribution in [0.2, 0.25) is 0 Å². The van der Waals surface area contributed by atoms with Crippen LogP contribution in [0.4, 0.5) is 5.82 Å². The zero-order valence-electron chi connectivity index (χ0n) is 10.9. The number of hydrogen-bond acceptors (Lipinski definition) is 5. The Morgan fingerprint density at radius 1 is 1.28 bits per heavy atom. The summed E-state index contributed by atoms with van der Waals surface area (Å²) in [5.41, 5.74) is 0. The molecule has 98 valence electrons. The number of pyridine rings is 1. The highest BCUT2D eigenvalue weighted by atomic mass is 16.5. The predicted molar refractivity (Wildman–Crippen MR) is 69.2 cm³/mol. The average Bonchev–Trinajstić information content (AvgIpc) is 2.37. The molecular formula is C13H19N3O2. The minimum absolute atomic E-state index is 0.272. The van der Waals surface area contributed by atoms with E-state index in [2.05, 4.69) is 21.8 Å². The van der Waals surface area contributed by atoms with Crippen LogP contribution in [-0.2, 0) is 4.74 Å². The Morgan fingerprint density at radius 3 is 2.67 bits per heavy atom.